The van der Waals surface area contributed by atoms with Crippen LogP contribution in [0.25, 0.3) is 11.1 Å². The summed E-state index contributed by atoms with van der Waals surface area (Å²) >= 11 is 0. The van der Waals surface area contributed by atoms with E-state index in [1.54, 1.807) is 18.7 Å². The van der Waals surface area contributed by atoms with Crippen LogP contribution < -0.4 is 0 Å². The van der Waals surface area contributed by atoms with E-state index in [0.717, 1.165) is 49.3 Å². The number of nitrogens with zero attached hydrogens (tertiary/aromatic N) is 5. The Morgan fingerprint density at radius 3 is 2.72 bits per heavy atom. The standard InChI is InChI=1S/C19H25N5O/c1-3-23(4-2)19(25)24-11-5-6-16(13-24)18-17(12-21-14-22-18)15-7-9-20-10-8-15/h7-10,12,14,16H,3-6,11,13H2,1-2H3/t16-/m1/s1. The number of pyridine rings is 1. The average Bonchev–Trinajstić information content (AvgIpc) is 2.69. The van der Waals surface area contributed by atoms with E-state index in [1.165, 1.54) is 0 Å². The summed E-state index contributed by atoms with van der Waals surface area (Å²) in [4.78, 5) is 29.4. The maximum absolute atomic E-state index is 12.7. The van der Waals surface area contributed by atoms with Crippen molar-refractivity contribution in [1.29, 1.82) is 0 Å². The predicted molar refractivity (Wildman–Crippen MR) is 97.1 cm³/mol. The van der Waals surface area contributed by atoms with Gasteiger partial charge in [-0.15, -0.1) is 0 Å². The molecule has 2 aromatic rings. The van der Waals surface area contributed by atoms with Crippen molar-refractivity contribution in [2.45, 2.75) is 32.6 Å². The smallest absolute Gasteiger partial charge is 0.319 e. The van der Waals surface area contributed by atoms with E-state index in [4.69, 9.17) is 0 Å². The molecule has 0 N–H and O–H groups in total. The second-order valence-electron chi connectivity index (χ2n) is 6.30. The van der Waals surface area contributed by atoms with E-state index < -0.39 is 0 Å². The highest BCUT2D eigenvalue weighted by molar-refractivity contribution is 5.74. The first-order valence-corrected chi connectivity index (χ1v) is 8.98. The summed E-state index contributed by atoms with van der Waals surface area (Å²) in [5.41, 5.74) is 3.13. The van der Waals surface area contributed by atoms with Gasteiger partial charge in [0.2, 0.25) is 0 Å². The molecule has 132 valence electrons. The van der Waals surface area contributed by atoms with Gasteiger partial charge in [0.15, 0.2) is 0 Å². The molecule has 1 fully saturated rings. The lowest BCUT2D eigenvalue weighted by Gasteiger charge is -2.36. The number of rotatable bonds is 4. The summed E-state index contributed by atoms with van der Waals surface area (Å²) in [6, 6.07) is 4.09. The van der Waals surface area contributed by atoms with Crippen LogP contribution in [0.1, 0.15) is 38.3 Å². The molecule has 0 bridgehead atoms. The van der Waals surface area contributed by atoms with Crippen molar-refractivity contribution < 1.29 is 4.79 Å². The van der Waals surface area contributed by atoms with Crippen molar-refractivity contribution in [3.05, 3.63) is 42.7 Å². The first-order chi connectivity index (χ1) is 12.2. The Balaban J connectivity index is 1.84. The molecule has 0 unspecified atom stereocenters. The van der Waals surface area contributed by atoms with Crippen molar-refractivity contribution >= 4 is 6.03 Å². The van der Waals surface area contributed by atoms with Crippen molar-refractivity contribution in [2.75, 3.05) is 26.2 Å². The summed E-state index contributed by atoms with van der Waals surface area (Å²) < 4.78 is 0. The van der Waals surface area contributed by atoms with Gasteiger partial charge < -0.3 is 9.80 Å². The minimum Gasteiger partial charge on any atom is -0.325 e. The lowest BCUT2D eigenvalue weighted by atomic mass is 9.90. The highest BCUT2D eigenvalue weighted by Crippen LogP contribution is 2.32. The predicted octanol–water partition coefficient (Wildman–Crippen LogP) is 3.18. The third-order valence-electron chi connectivity index (χ3n) is 4.85. The molecule has 2 aromatic heterocycles. The van der Waals surface area contributed by atoms with Crippen molar-refractivity contribution in [2.24, 2.45) is 0 Å². The molecule has 25 heavy (non-hydrogen) atoms. The fourth-order valence-corrected chi connectivity index (χ4v) is 3.49. The quantitative estimate of drug-likeness (QED) is 0.858. The van der Waals surface area contributed by atoms with Gasteiger partial charge in [0, 0.05) is 56.3 Å². The average molecular weight is 339 g/mol. The van der Waals surface area contributed by atoms with E-state index >= 15 is 0 Å². The number of hydrogen-bond acceptors (Lipinski definition) is 4. The summed E-state index contributed by atoms with van der Waals surface area (Å²) in [5.74, 6) is 0.236. The molecule has 0 spiro atoms. The van der Waals surface area contributed by atoms with Crippen LogP contribution in [0, 0.1) is 0 Å². The molecule has 0 radical (unpaired) electrons. The van der Waals surface area contributed by atoms with E-state index in [2.05, 4.69) is 15.0 Å². The van der Waals surface area contributed by atoms with Crippen LogP contribution in [-0.4, -0.2) is 57.0 Å². The van der Waals surface area contributed by atoms with E-state index in [9.17, 15) is 4.79 Å². The number of likely N-dealkylation sites (tertiary alicyclic amines) is 1. The molecule has 0 aromatic carbocycles. The minimum atomic E-state index is 0.134. The third-order valence-corrected chi connectivity index (χ3v) is 4.85. The monoisotopic (exact) mass is 339 g/mol. The molecule has 6 heteroatoms. The summed E-state index contributed by atoms with van der Waals surface area (Å²) in [5, 5.41) is 0. The second kappa shape index (κ2) is 8.05. The molecule has 1 saturated heterocycles. The van der Waals surface area contributed by atoms with Gasteiger partial charge in [0.1, 0.15) is 6.33 Å². The van der Waals surface area contributed by atoms with Gasteiger partial charge in [-0.2, -0.15) is 0 Å². The summed E-state index contributed by atoms with van der Waals surface area (Å²) in [6.45, 7) is 7.06. The second-order valence-corrected chi connectivity index (χ2v) is 6.30. The third kappa shape index (κ3) is 3.78. The molecular weight excluding hydrogens is 314 g/mol. The zero-order chi connectivity index (χ0) is 17.6. The Kier molecular flexibility index (Phi) is 5.58. The molecule has 0 aliphatic carbocycles. The number of urea groups is 1. The zero-order valence-electron chi connectivity index (χ0n) is 14.9. The number of hydrogen-bond donors (Lipinski definition) is 0. The van der Waals surface area contributed by atoms with E-state index in [1.807, 2.05) is 42.0 Å². The normalized spacial score (nSPS) is 17.4. The van der Waals surface area contributed by atoms with Crippen molar-refractivity contribution in [3.63, 3.8) is 0 Å². The number of carbonyl (C=O) groups is 1. The Morgan fingerprint density at radius 1 is 1.24 bits per heavy atom. The summed E-state index contributed by atoms with van der Waals surface area (Å²) in [6.07, 6.45) is 9.06. The fraction of sp³-hybridized carbons (Fsp3) is 0.474. The molecule has 6 nitrogen and oxygen atoms in total. The molecule has 0 saturated carbocycles. The highest BCUT2D eigenvalue weighted by Gasteiger charge is 2.29. The van der Waals surface area contributed by atoms with Crippen LogP contribution in [0.5, 0.6) is 0 Å². The zero-order valence-corrected chi connectivity index (χ0v) is 14.9. The van der Waals surface area contributed by atoms with Gasteiger partial charge in [-0.1, -0.05) is 0 Å². The Bertz CT molecular complexity index is 702. The van der Waals surface area contributed by atoms with Gasteiger partial charge in [0.05, 0.1) is 5.69 Å². The molecular formula is C19H25N5O. The maximum Gasteiger partial charge on any atom is 0.319 e. The topological polar surface area (TPSA) is 62.2 Å². The lowest BCUT2D eigenvalue weighted by Crippen LogP contribution is -2.47. The molecule has 3 heterocycles. The maximum atomic E-state index is 12.7. The molecule has 1 aliphatic heterocycles. The summed E-state index contributed by atoms with van der Waals surface area (Å²) in [7, 11) is 0. The Labute approximate surface area is 148 Å². The first-order valence-electron chi connectivity index (χ1n) is 8.98. The van der Waals surface area contributed by atoms with E-state index in [-0.39, 0.29) is 11.9 Å². The van der Waals surface area contributed by atoms with Crippen LogP contribution in [-0.2, 0) is 0 Å². The number of carbonyl (C=O) groups excluding carboxylic acids is 1. The molecule has 1 atom stereocenters. The Morgan fingerprint density at radius 2 is 2.00 bits per heavy atom. The minimum absolute atomic E-state index is 0.134. The van der Waals surface area contributed by atoms with Crippen LogP contribution in [0.3, 0.4) is 0 Å². The van der Waals surface area contributed by atoms with Gasteiger partial charge >= 0.3 is 6.03 Å². The largest absolute Gasteiger partial charge is 0.325 e. The van der Waals surface area contributed by atoms with Crippen LogP contribution in [0.2, 0.25) is 0 Å². The van der Waals surface area contributed by atoms with E-state index in [0.29, 0.717) is 6.54 Å². The molecule has 3 rings (SSSR count). The van der Waals surface area contributed by atoms with Crippen molar-refractivity contribution in [3.8, 4) is 11.1 Å². The number of piperidine rings is 1. The van der Waals surface area contributed by atoms with Crippen LogP contribution in [0.4, 0.5) is 4.79 Å². The SMILES string of the molecule is CCN(CC)C(=O)N1CCC[C@@H](c2ncncc2-c2ccncc2)C1. The first kappa shape index (κ1) is 17.3. The molecule has 2 amide bonds. The van der Waals surface area contributed by atoms with Gasteiger partial charge in [-0.25, -0.2) is 14.8 Å². The highest BCUT2D eigenvalue weighted by atomic mass is 16.2. The van der Waals surface area contributed by atoms with Gasteiger partial charge in [0.25, 0.3) is 0 Å². The van der Waals surface area contributed by atoms with Gasteiger partial charge in [-0.3, -0.25) is 4.98 Å². The number of amides is 2. The lowest BCUT2D eigenvalue weighted by molar-refractivity contribution is 0.142. The van der Waals surface area contributed by atoms with Crippen LogP contribution >= 0.6 is 0 Å². The number of aromatic nitrogens is 3. The van der Waals surface area contributed by atoms with Crippen LogP contribution in [0.15, 0.2) is 37.1 Å². The fourth-order valence-electron chi connectivity index (χ4n) is 3.49. The van der Waals surface area contributed by atoms with Gasteiger partial charge in [-0.05, 0) is 44.4 Å². The van der Waals surface area contributed by atoms with Crippen molar-refractivity contribution in [1.82, 2.24) is 24.8 Å². The molecule has 1 aliphatic rings. The Hall–Kier alpha value is -2.50.